The number of hydrogen-bond donors (Lipinski definition) is 0. The van der Waals surface area contributed by atoms with Crippen molar-refractivity contribution in [3.05, 3.63) is 47.5 Å². The average molecular weight is 268 g/mol. The maximum atomic E-state index is 2.37. The summed E-state index contributed by atoms with van der Waals surface area (Å²) in [6, 6.07) is 13.6. The molecule has 0 aliphatic rings. The van der Waals surface area contributed by atoms with E-state index in [4.69, 9.17) is 0 Å². The molecule has 0 N–H and O–H groups in total. The van der Waals surface area contributed by atoms with E-state index in [9.17, 15) is 0 Å². The summed E-state index contributed by atoms with van der Waals surface area (Å²) < 4.78 is 0. The Morgan fingerprint density at radius 3 is 2.15 bits per heavy atom. The monoisotopic (exact) mass is 268 g/mol. The standard InChI is InChI=1S/C20H28/c1-3-5-7-11-17-15-16-18-12-9-10-14-20(18)19(17)13-8-6-4-2/h9-10,12,14-16H,3-8,11,13H2,1-2H3. The highest BCUT2D eigenvalue weighted by Crippen LogP contribution is 2.26. The smallest absolute Gasteiger partial charge is 0.0149 e. The molecular formula is C20H28. The van der Waals surface area contributed by atoms with Gasteiger partial charge in [-0.3, -0.25) is 0 Å². The highest BCUT2D eigenvalue weighted by molar-refractivity contribution is 5.86. The van der Waals surface area contributed by atoms with Gasteiger partial charge in [-0.25, -0.2) is 0 Å². The van der Waals surface area contributed by atoms with E-state index in [2.05, 4.69) is 50.2 Å². The van der Waals surface area contributed by atoms with Gasteiger partial charge >= 0.3 is 0 Å². The van der Waals surface area contributed by atoms with Crippen molar-refractivity contribution in [2.24, 2.45) is 0 Å². The Labute approximate surface area is 124 Å². The number of aryl methyl sites for hydroxylation is 2. The van der Waals surface area contributed by atoms with Gasteiger partial charge in [0.1, 0.15) is 0 Å². The van der Waals surface area contributed by atoms with Crippen LogP contribution in [0.15, 0.2) is 36.4 Å². The third-order valence-corrected chi connectivity index (χ3v) is 4.22. The lowest BCUT2D eigenvalue weighted by Gasteiger charge is -2.13. The van der Waals surface area contributed by atoms with E-state index in [0.29, 0.717) is 0 Å². The van der Waals surface area contributed by atoms with Crippen molar-refractivity contribution in [3.63, 3.8) is 0 Å². The minimum atomic E-state index is 1.25. The number of fused-ring (bicyclic) bond motifs is 1. The van der Waals surface area contributed by atoms with Gasteiger partial charge < -0.3 is 0 Å². The van der Waals surface area contributed by atoms with E-state index >= 15 is 0 Å². The average Bonchev–Trinajstić information content (AvgIpc) is 2.49. The second-order valence-corrected chi connectivity index (χ2v) is 5.84. The molecule has 0 radical (unpaired) electrons. The van der Waals surface area contributed by atoms with Crippen molar-refractivity contribution in [2.45, 2.75) is 65.2 Å². The molecular weight excluding hydrogens is 240 g/mol. The molecule has 0 unspecified atom stereocenters. The minimum absolute atomic E-state index is 1.25. The molecule has 20 heavy (non-hydrogen) atoms. The number of unbranched alkanes of at least 4 members (excludes halogenated alkanes) is 4. The number of hydrogen-bond acceptors (Lipinski definition) is 0. The van der Waals surface area contributed by atoms with Crippen LogP contribution in [0.4, 0.5) is 0 Å². The zero-order chi connectivity index (χ0) is 14.2. The fourth-order valence-corrected chi connectivity index (χ4v) is 3.03. The number of benzene rings is 2. The van der Waals surface area contributed by atoms with Gasteiger partial charge in [-0.15, -0.1) is 0 Å². The molecule has 0 nitrogen and oxygen atoms in total. The topological polar surface area (TPSA) is 0 Å². The van der Waals surface area contributed by atoms with Gasteiger partial charge in [-0.05, 0) is 47.6 Å². The van der Waals surface area contributed by atoms with E-state index in [1.807, 2.05) is 0 Å². The summed E-state index contributed by atoms with van der Waals surface area (Å²) in [6.45, 7) is 4.56. The van der Waals surface area contributed by atoms with Crippen LogP contribution < -0.4 is 0 Å². The van der Waals surface area contributed by atoms with Crippen molar-refractivity contribution >= 4 is 10.8 Å². The summed E-state index contributed by atoms with van der Waals surface area (Å²) in [5.41, 5.74) is 3.21. The second kappa shape index (κ2) is 8.09. The Bertz CT molecular complexity index is 525. The molecule has 0 amide bonds. The van der Waals surface area contributed by atoms with Crippen LogP contribution >= 0.6 is 0 Å². The van der Waals surface area contributed by atoms with Crippen LogP contribution in [0.1, 0.15) is 63.5 Å². The molecule has 2 rings (SSSR count). The molecule has 0 aromatic heterocycles. The van der Waals surface area contributed by atoms with Crippen LogP contribution in [0.2, 0.25) is 0 Å². The van der Waals surface area contributed by atoms with E-state index in [0.717, 1.165) is 0 Å². The lowest BCUT2D eigenvalue weighted by molar-refractivity contribution is 0.696. The molecule has 0 saturated carbocycles. The van der Waals surface area contributed by atoms with Gasteiger partial charge in [0.2, 0.25) is 0 Å². The summed E-state index contributed by atoms with van der Waals surface area (Å²) in [6.07, 6.45) is 10.4. The van der Waals surface area contributed by atoms with Crippen molar-refractivity contribution in [1.29, 1.82) is 0 Å². The van der Waals surface area contributed by atoms with E-state index in [1.165, 1.54) is 62.1 Å². The normalized spacial score (nSPS) is 11.1. The fraction of sp³-hybridized carbons (Fsp3) is 0.500. The van der Waals surface area contributed by atoms with Gasteiger partial charge in [0.05, 0.1) is 0 Å². The zero-order valence-electron chi connectivity index (χ0n) is 13.1. The first-order valence-electron chi connectivity index (χ1n) is 8.36. The minimum Gasteiger partial charge on any atom is -0.0654 e. The van der Waals surface area contributed by atoms with Crippen LogP contribution in [-0.2, 0) is 12.8 Å². The number of rotatable bonds is 8. The van der Waals surface area contributed by atoms with Crippen molar-refractivity contribution in [3.8, 4) is 0 Å². The molecule has 2 aromatic carbocycles. The third kappa shape index (κ3) is 3.85. The highest BCUT2D eigenvalue weighted by atomic mass is 14.1. The van der Waals surface area contributed by atoms with Gasteiger partial charge in [0, 0.05) is 0 Å². The van der Waals surface area contributed by atoms with Gasteiger partial charge in [-0.1, -0.05) is 75.9 Å². The van der Waals surface area contributed by atoms with Crippen molar-refractivity contribution in [2.75, 3.05) is 0 Å². The van der Waals surface area contributed by atoms with Crippen LogP contribution in [0.3, 0.4) is 0 Å². The highest BCUT2D eigenvalue weighted by Gasteiger charge is 2.07. The van der Waals surface area contributed by atoms with E-state index < -0.39 is 0 Å². The van der Waals surface area contributed by atoms with Crippen molar-refractivity contribution < 1.29 is 0 Å². The maximum Gasteiger partial charge on any atom is -0.0149 e. The molecule has 0 spiro atoms. The molecule has 0 bridgehead atoms. The predicted molar refractivity (Wildman–Crippen MR) is 90.4 cm³/mol. The fourth-order valence-electron chi connectivity index (χ4n) is 3.03. The van der Waals surface area contributed by atoms with Crippen molar-refractivity contribution in [1.82, 2.24) is 0 Å². The Morgan fingerprint density at radius 2 is 1.40 bits per heavy atom. The Kier molecular flexibility index (Phi) is 6.11. The molecule has 0 heterocycles. The maximum absolute atomic E-state index is 2.37. The quantitative estimate of drug-likeness (QED) is 0.492. The van der Waals surface area contributed by atoms with Crippen LogP contribution in [-0.4, -0.2) is 0 Å². The first kappa shape index (κ1) is 15.1. The molecule has 108 valence electrons. The lowest BCUT2D eigenvalue weighted by Crippen LogP contribution is -1.97. The predicted octanol–water partition coefficient (Wildman–Crippen LogP) is 6.31. The molecule has 0 aliphatic heterocycles. The first-order valence-corrected chi connectivity index (χ1v) is 8.36. The second-order valence-electron chi connectivity index (χ2n) is 5.84. The molecule has 0 heteroatoms. The van der Waals surface area contributed by atoms with E-state index in [1.54, 1.807) is 11.1 Å². The Balaban J connectivity index is 2.26. The van der Waals surface area contributed by atoms with Crippen LogP contribution in [0.5, 0.6) is 0 Å². The van der Waals surface area contributed by atoms with Gasteiger partial charge in [0.15, 0.2) is 0 Å². The Hall–Kier alpha value is -1.30. The van der Waals surface area contributed by atoms with Gasteiger partial charge in [0.25, 0.3) is 0 Å². The molecule has 0 aliphatic carbocycles. The summed E-state index contributed by atoms with van der Waals surface area (Å²) in [7, 11) is 0. The largest absolute Gasteiger partial charge is 0.0654 e. The molecule has 0 fully saturated rings. The summed E-state index contributed by atoms with van der Waals surface area (Å²) in [5, 5.41) is 2.89. The van der Waals surface area contributed by atoms with Gasteiger partial charge in [-0.2, -0.15) is 0 Å². The van der Waals surface area contributed by atoms with Crippen LogP contribution in [0.25, 0.3) is 10.8 Å². The first-order chi connectivity index (χ1) is 9.86. The third-order valence-electron chi connectivity index (χ3n) is 4.22. The zero-order valence-corrected chi connectivity index (χ0v) is 13.1. The SMILES string of the molecule is CCCCCc1ccc2ccccc2c1CCCCC. The molecule has 0 saturated heterocycles. The molecule has 2 aromatic rings. The Morgan fingerprint density at radius 1 is 0.700 bits per heavy atom. The summed E-state index contributed by atoms with van der Waals surface area (Å²) in [5.74, 6) is 0. The van der Waals surface area contributed by atoms with E-state index in [-0.39, 0.29) is 0 Å². The summed E-state index contributed by atoms with van der Waals surface area (Å²) in [4.78, 5) is 0. The lowest BCUT2D eigenvalue weighted by atomic mass is 9.92. The molecule has 0 atom stereocenters. The van der Waals surface area contributed by atoms with Crippen LogP contribution in [0, 0.1) is 0 Å². The summed E-state index contributed by atoms with van der Waals surface area (Å²) >= 11 is 0.